The largest absolute Gasteiger partial charge is 0.493 e. The third-order valence-corrected chi connectivity index (χ3v) is 4.63. The van der Waals surface area contributed by atoms with Crippen molar-refractivity contribution in [3.63, 3.8) is 0 Å². The van der Waals surface area contributed by atoms with E-state index in [0.717, 1.165) is 10.1 Å². The molecule has 1 unspecified atom stereocenters. The van der Waals surface area contributed by atoms with E-state index in [1.165, 1.54) is 6.07 Å². The van der Waals surface area contributed by atoms with Crippen molar-refractivity contribution in [1.82, 2.24) is 15.0 Å². The predicted octanol–water partition coefficient (Wildman–Crippen LogP) is 2.32. The third kappa shape index (κ3) is 3.13. The highest BCUT2D eigenvalue weighted by atomic mass is 35.5. The average molecular weight is 383 g/mol. The Bertz CT molecular complexity index is 1150. The summed E-state index contributed by atoms with van der Waals surface area (Å²) in [5.41, 5.74) is 3.21. The van der Waals surface area contributed by atoms with E-state index in [4.69, 9.17) is 11.6 Å². The van der Waals surface area contributed by atoms with E-state index in [2.05, 4.69) is 15.5 Å². The van der Waals surface area contributed by atoms with Gasteiger partial charge in [0.05, 0.1) is 17.4 Å². The Morgan fingerprint density at radius 1 is 1.11 bits per heavy atom. The van der Waals surface area contributed by atoms with E-state index in [-0.39, 0.29) is 11.6 Å². The Kier molecular flexibility index (Phi) is 4.29. The molecular formula is C19H15ClN4O3. The van der Waals surface area contributed by atoms with Crippen molar-refractivity contribution in [1.29, 1.82) is 0 Å². The van der Waals surface area contributed by atoms with Crippen molar-refractivity contribution in [2.45, 2.75) is 12.5 Å². The van der Waals surface area contributed by atoms with E-state index < -0.39 is 17.1 Å². The van der Waals surface area contributed by atoms with Gasteiger partial charge in [-0.15, -0.1) is 0 Å². The minimum atomic E-state index is -0.755. The summed E-state index contributed by atoms with van der Waals surface area (Å²) in [6.07, 6.45) is 0.397. The van der Waals surface area contributed by atoms with Crippen molar-refractivity contribution in [3.05, 3.63) is 91.6 Å². The fraction of sp³-hybridized carbons (Fsp3) is 0.105. The summed E-state index contributed by atoms with van der Waals surface area (Å²) in [5, 5.41) is 15.3. The second kappa shape index (κ2) is 6.77. The molecule has 0 amide bonds. The lowest BCUT2D eigenvalue weighted by Gasteiger charge is -2.12. The first-order chi connectivity index (χ1) is 13.0. The monoisotopic (exact) mass is 382 g/mol. The number of hydrogen-bond acceptors (Lipinski definition) is 5. The molecule has 1 atom stereocenters. The number of aromatic hydroxyl groups is 1. The standard InChI is InChI=1S/C19H15ClN4O3/c20-12-7-4-8-13(9-12)24-18(26)16(17(25)21-19(24)27)15-10-14(22-23-15)11-5-2-1-3-6-11/h1-9,14,22,26H,10H2,(H,21,25,27). The Morgan fingerprint density at radius 3 is 2.63 bits per heavy atom. The molecule has 0 spiro atoms. The number of aromatic amines is 1. The maximum Gasteiger partial charge on any atom is 0.335 e. The van der Waals surface area contributed by atoms with Crippen LogP contribution in [0.4, 0.5) is 0 Å². The van der Waals surface area contributed by atoms with Gasteiger partial charge in [0.25, 0.3) is 5.56 Å². The summed E-state index contributed by atoms with van der Waals surface area (Å²) >= 11 is 5.98. The van der Waals surface area contributed by atoms with Crippen molar-refractivity contribution in [3.8, 4) is 11.6 Å². The zero-order chi connectivity index (χ0) is 19.0. The Hall–Kier alpha value is -3.32. The minimum Gasteiger partial charge on any atom is -0.493 e. The maximum absolute atomic E-state index is 12.4. The summed E-state index contributed by atoms with van der Waals surface area (Å²) in [5.74, 6) is -0.472. The first-order valence-corrected chi connectivity index (χ1v) is 8.64. The fourth-order valence-corrected chi connectivity index (χ4v) is 3.30. The summed E-state index contributed by atoms with van der Waals surface area (Å²) in [6.45, 7) is 0. The quantitative estimate of drug-likeness (QED) is 0.647. The fourth-order valence-electron chi connectivity index (χ4n) is 3.12. The van der Waals surface area contributed by atoms with Crippen LogP contribution in [0.2, 0.25) is 5.02 Å². The van der Waals surface area contributed by atoms with Gasteiger partial charge in [-0.3, -0.25) is 9.78 Å². The van der Waals surface area contributed by atoms with Gasteiger partial charge in [0.15, 0.2) is 0 Å². The number of halogens is 1. The predicted molar refractivity (Wildman–Crippen MR) is 103 cm³/mol. The molecule has 3 aromatic rings. The first-order valence-electron chi connectivity index (χ1n) is 8.26. The Labute approximate surface area is 158 Å². The molecule has 1 aliphatic rings. The van der Waals surface area contributed by atoms with E-state index >= 15 is 0 Å². The molecule has 27 heavy (non-hydrogen) atoms. The van der Waals surface area contributed by atoms with Crippen molar-refractivity contribution in [2.75, 3.05) is 0 Å². The van der Waals surface area contributed by atoms with Crippen LogP contribution in [0.5, 0.6) is 5.88 Å². The lowest BCUT2D eigenvalue weighted by Crippen LogP contribution is -2.33. The zero-order valence-electron chi connectivity index (χ0n) is 14.0. The highest BCUT2D eigenvalue weighted by molar-refractivity contribution is 6.30. The van der Waals surface area contributed by atoms with Gasteiger partial charge in [0.1, 0.15) is 5.56 Å². The van der Waals surface area contributed by atoms with Crippen LogP contribution in [0.3, 0.4) is 0 Å². The number of hydrogen-bond donors (Lipinski definition) is 3. The molecule has 0 bridgehead atoms. The van der Waals surface area contributed by atoms with Crippen molar-refractivity contribution in [2.24, 2.45) is 5.10 Å². The first kappa shape index (κ1) is 17.1. The molecule has 2 aromatic carbocycles. The van der Waals surface area contributed by atoms with Crippen LogP contribution < -0.4 is 16.7 Å². The summed E-state index contributed by atoms with van der Waals surface area (Å²) < 4.78 is 1.00. The van der Waals surface area contributed by atoms with Gasteiger partial charge < -0.3 is 10.5 Å². The molecule has 8 heteroatoms. The van der Waals surface area contributed by atoms with Crippen LogP contribution in [-0.4, -0.2) is 20.4 Å². The van der Waals surface area contributed by atoms with Crippen LogP contribution >= 0.6 is 11.6 Å². The topological polar surface area (TPSA) is 99.5 Å². The normalized spacial score (nSPS) is 16.0. The van der Waals surface area contributed by atoms with Crippen molar-refractivity contribution >= 4 is 17.3 Å². The highest BCUT2D eigenvalue weighted by Crippen LogP contribution is 2.27. The molecule has 3 N–H and O–H groups in total. The van der Waals surface area contributed by atoms with Crippen LogP contribution in [0, 0.1) is 0 Å². The van der Waals surface area contributed by atoms with Gasteiger partial charge in [-0.1, -0.05) is 48.0 Å². The molecular weight excluding hydrogens is 368 g/mol. The number of aromatic nitrogens is 2. The van der Waals surface area contributed by atoms with Gasteiger partial charge in [-0.2, -0.15) is 5.10 Å². The summed E-state index contributed by atoms with van der Waals surface area (Å²) in [6, 6.07) is 16.0. The van der Waals surface area contributed by atoms with Gasteiger partial charge in [0.2, 0.25) is 5.88 Å². The smallest absolute Gasteiger partial charge is 0.335 e. The van der Waals surface area contributed by atoms with E-state index in [0.29, 0.717) is 22.8 Å². The molecule has 2 heterocycles. The SMILES string of the molecule is O=c1[nH]c(=O)n(-c2cccc(Cl)c2)c(O)c1C1=NNC(c2ccccc2)C1. The van der Waals surface area contributed by atoms with E-state index in [1.807, 2.05) is 30.3 Å². The Balaban J connectivity index is 1.77. The van der Waals surface area contributed by atoms with Crippen LogP contribution in [0.15, 0.2) is 69.3 Å². The number of nitrogens with zero attached hydrogens (tertiary/aromatic N) is 2. The van der Waals surface area contributed by atoms with Gasteiger partial charge in [-0.25, -0.2) is 9.36 Å². The third-order valence-electron chi connectivity index (χ3n) is 4.40. The molecule has 0 saturated carbocycles. The second-order valence-electron chi connectivity index (χ2n) is 6.13. The molecule has 4 rings (SSSR count). The average Bonchev–Trinajstić information content (AvgIpc) is 3.12. The number of rotatable bonds is 3. The summed E-state index contributed by atoms with van der Waals surface area (Å²) in [7, 11) is 0. The molecule has 7 nitrogen and oxygen atoms in total. The summed E-state index contributed by atoms with van der Waals surface area (Å²) in [4.78, 5) is 26.9. The zero-order valence-corrected chi connectivity index (χ0v) is 14.8. The second-order valence-corrected chi connectivity index (χ2v) is 6.56. The van der Waals surface area contributed by atoms with Gasteiger partial charge in [-0.05, 0) is 23.8 Å². The van der Waals surface area contributed by atoms with Gasteiger partial charge in [0, 0.05) is 11.4 Å². The lowest BCUT2D eigenvalue weighted by molar-refractivity contribution is 0.429. The maximum atomic E-state index is 12.4. The van der Waals surface area contributed by atoms with Crippen LogP contribution in [-0.2, 0) is 0 Å². The lowest BCUT2D eigenvalue weighted by atomic mass is 10.00. The molecule has 0 aliphatic carbocycles. The molecule has 0 radical (unpaired) electrons. The number of nitrogens with one attached hydrogen (secondary N) is 2. The number of H-pyrrole nitrogens is 1. The van der Waals surface area contributed by atoms with Crippen LogP contribution in [0.1, 0.15) is 23.6 Å². The van der Waals surface area contributed by atoms with Gasteiger partial charge >= 0.3 is 5.69 Å². The molecule has 136 valence electrons. The Morgan fingerprint density at radius 2 is 1.89 bits per heavy atom. The molecule has 0 fully saturated rings. The minimum absolute atomic E-state index is 0.0412. The van der Waals surface area contributed by atoms with Crippen molar-refractivity contribution < 1.29 is 5.11 Å². The van der Waals surface area contributed by atoms with E-state index in [1.54, 1.807) is 18.2 Å². The van der Waals surface area contributed by atoms with Crippen LogP contribution in [0.25, 0.3) is 5.69 Å². The molecule has 1 aliphatic heterocycles. The van der Waals surface area contributed by atoms with E-state index in [9.17, 15) is 14.7 Å². The number of hydrazone groups is 1. The molecule has 1 aromatic heterocycles. The highest BCUT2D eigenvalue weighted by Gasteiger charge is 2.27. The molecule has 0 saturated heterocycles. The number of benzene rings is 2.